The van der Waals surface area contributed by atoms with Crippen LogP contribution >= 0.6 is 0 Å². The van der Waals surface area contributed by atoms with Gasteiger partial charge in [-0.1, -0.05) is 0 Å². The lowest BCUT2D eigenvalue weighted by molar-refractivity contribution is -0.120. The maximum atomic E-state index is 11.0. The number of carbonyl (C=O) groups is 1. The Morgan fingerprint density at radius 2 is 2.14 bits per heavy atom. The van der Waals surface area contributed by atoms with Crippen molar-refractivity contribution in [1.82, 2.24) is 5.32 Å². The molecule has 14 heavy (non-hydrogen) atoms. The van der Waals surface area contributed by atoms with Crippen LogP contribution in [0.4, 0.5) is 0 Å². The van der Waals surface area contributed by atoms with E-state index < -0.39 is 0 Å². The van der Waals surface area contributed by atoms with Gasteiger partial charge in [-0.2, -0.15) is 0 Å². The zero-order valence-corrected chi connectivity index (χ0v) is 9.05. The minimum Gasteiger partial charge on any atom is -0.385 e. The van der Waals surface area contributed by atoms with Gasteiger partial charge in [0.1, 0.15) is 5.78 Å². The molecule has 1 aliphatic rings. The van der Waals surface area contributed by atoms with Crippen LogP contribution in [-0.2, 0) is 9.53 Å². The largest absolute Gasteiger partial charge is 0.385 e. The summed E-state index contributed by atoms with van der Waals surface area (Å²) in [5.41, 5.74) is 0. The molecule has 0 aliphatic heterocycles. The van der Waals surface area contributed by atoms with Crippen molar-refractivity contribution in [2.45, 2.75) is 32.1 Å². The fourth-order valence-electron chi connectivity index (χ4n) is 1.85. The first kappa shape index (κ1) is 11.7. The molecule has 0 atom stereocenters. The first-order valence-corrected chi connectivity index (χ1v) is 5.54. The van der Waals surface area contributed by atoms with Crippen molar-refractivity contribution >= 4 is 5.78 Å². The highest BCUT2D eigenvalue weighted by Gasteiger charge is 2.17. The second-order valence-electron chi connectivity index (χ2n) is 4.03. The molecule has 0 aromatic rings. The maximum Gasteiger partial charge on any atom is 0.132 e. The van der Waals surface area contributed by atoms with E-state index in [4.69, 9.17) is 4.74 Å². The fourth-order valence-corrected chi connectivity index (χ4v) is 1.85. The third-order valence-corrected chi connectivity index (χ3v) is 2.80. The van der Waals surface area contributed by atoms with Gasteiger partial charge in [0.15, 0.2) is 0 Å². The lowest BCUT2D eigenvalue weighted by Gasteiger charge is -2.21. The Kier molecular flexibility index (Phi) is 5.80. The number of hydrogen-bond donors (Lipinski definition) is 1. The Balaban J connectivity index is 1.94. The van der Waals surface area contributed by atoms with Crippen molar-refractivity contribution in [3.05, 3.63) is 0 Å². The van der Waals surface area contributed by atoms with Gasteiger partial charge < -0.3 is 10.1 Å². The van der Waals surface area contributed by atoms with E-state index in [-0.39, 0.29) is 0 Å². The van der Waals surface area contributed by atoms with Crippen LogP contribution in [0.25, 0.3) is 0 Å². The third-order valence-electron chi connectivity index (χ3n) is 2.80. The summed E-state index contributed by atoms with van der Waals surface area (Å²) in [7, 11) is 1.73. The van der Waals surface area contributed by atoms with Gasteiger partial charge in [-0.15, -0.1) is 0 Å². The number of carbonyl (C=O) groups excluding carboxylic acids is 1. The van der Waals surface area contributed by atoms with Crippen molar-refractivity contribution in [2.24, 2.45) is 5.92 Å². The Bertz CT molecular complexity index is 161. The molecule has 0 saturated heterocycles. The van der Waals surface area contributed by atoms with Crippen molar-refractivity contribution in [2.75, 3.05) is 26.8 Å². The van der Waals surface area contributed by atoms with Gasteiger partial charge in [0.05, 0.1) is 0 Å². The van der Waals surface area contributed by atoms with E-state index in [0.717, 1.165) is 57.7 Å². The SMILES string of the molecule is COCCCNCC1CCC(=O)CC1. The molecule has 0 radical (unpaired) electrons. The third kappa shape index (κ3) is 4.72. The minimum atomic E-state index is 0.445. The van der Waals surface area contributed by atoms with Crippen LogP contribution in [0, 0.1) is 5.92 Å². The van der Waals surface area contributed by atoms with Gasteiger partial charge in [-0.25, -0.2) is 0 Å². The molecule has 1 fully saturated rings. The zero-order chi connectivity index (χ0) is 10.2. The van der Waals surface area contributed by atoms with Crippen LogP contribution < -0.4 is 5.32 Å². The van der Waals surface area contributed by atoms with Gasteiger partial charge in [0, 0.05) is 26.6 Å². The Morgan fingerprint density at radius 1 is 1.43 bits per heavy atom. The molecule has 3 heteroatoms. The molecule has 1 rings (SSSR count). The van der Waals surface area contributed by atoms with E-state index >= 15 is 0 Å². The summed E-state index contributed by atoms with van der Waals surface area (Å²) >= 11 is 0. The monoisotopic (exact) mass is 199 g/mol. The summed E-state index contributed by atoms with van der Waals surface area (Å²) in [6.07, 6.45) is 4.82. The van der Waals surface area contributed by atoms with Gasteiger partial charge in [0.2, 0.25) is 0 Å². The average molecular weight is 199 g/mol. The Hall–Kier alpha value is -0.410. The molecule has 0 amide bonds. The molecule has 0 spiro atoms. The molecule has 3 nitrogen and oxygen atoms in total. The summed E-state index contributed by atoms with van der Waals surface area (Å²) in [6, 6.07) is 0. The lowest BCUT2D eigenvalue weighted by atomic mass is 9.88. The predicted molar refractivity (Wildman–Crippen MR) is 56.3 cm³/mol. The van der Waals surface area contributed by atoms with Crippen LogP contribution in [0.1, 0.15) is 32.1 Å². The standard InChI is InChI=1S/C11H21NO2/c1-14-8-2-7-12-9-10-3-5-11(13)6-4-10/h10,12H,2-9H2,1H3. The number of rotatable bonds is 6. The van der Waals surface area contributed by atoms with Gasteiger partial charge in [-0.3, -0.25) is 4.79 Å². The summed E-state index contributed by atoms with van der Waals surface area (Å²) in [5, 5.41) is 3.41. The van der Waals surface area contributed by atoms with Crippen LogP contribution in [-0.4, -0.2) is 32.6 Å². The first-order chi connectivity index (χ1) is 6.83. The van der Waals surface area contributed by atoms with E-state index in [2.05, 4.69) is 5.32 Å². The summed E-state index contributed by atoms with van der Waals surface area (Å²) < 4.78 is 4.96. The number of ketones is 1. The number of hydrogen-bond acceptors (Lipinski definition) is 3. The molecular weight excluding hydrogens is 178 g/mol. The topological polar surface area (TPSA) is 38.3 Å². The molecule has 1 saturated carbocycles. The average Bonchev–Trinajstić information content (AvgIpc) is 2.21. The van der Waals surface area contributed by atoms with Crippen molar-refractivity contribution < 1.29 is 9.53 Å². The Labute approximate surface area is 86.2 Å². The van der Waals surface area contributed by atoms with Crippen molar-refractivity contribution in [3.8, 4) is 0 Å². The predicted octanol–water partition coefficient (Wildman–Crippen LogP) is 1.37. The van der Waals surface area contributed by atoms with Crippen LogP contribution in [0.3, 0.4) is 0 Å². The molecule has 1 N–H and O–H groups in total. The number of nitrogens with one attached hydrogen (secondary N) is 1. The Morgan fingerprint density at radius 3 is 2.79 bits per heavy atom. The molecule has 0 unspecified atom stereocenters. The van der Waals surface area contributed by atoms with Crippen LogP contribution in [0.15, 0.2) is 0 Å². The molecule has 0 aromatic heterocycles. The first-order valence-electron chi connectivity index (χ1n) is 5.54. The zero-order valence-electron chi connectivity index (χ0n) is 9.05. The smallest absolute Gasteiger partial charge is 0.132 e. The van der Waals surface area contributed by atoms with E-state index in [0.29, 0.717) is 5.78 Å². The van der Waals surface area contributed by atoms with E-state index in [1.54, 1.807) is 7.11 Å². The van der Waals surface area contributed by atoms with Gasteiger partial charge in [-0.05, 0) is 38.3 Å². The minimum absolute atomic E-state index is 0.445. The number of ether oxygens (including phenoxy) is 1. The molecule has 1 aliphatic carbocycles. The molecule has 0 heterocycles. The molecule has 82 valence electrons. The van der Waals surface area contributed by atoms with E-state index in [1.165, 1.54) is 0 Å². The van der Waals surface area contributed by atoms with Crippen LogP contribution in [0.5, 0.6) is 0 Å². The quantitative estimate of drug-likeness (QED) is 0.657. The highest BCUT2D eigenvalue weighted by molar-refractivity contribution is 5.79. The molecule has 0 aromatic carbocycles. The molecule has 0 bridgehead atoms. The second kappa shape index (κ2) is 6.96. The van der Waals surface area contributed by atoms with Crippen LogP contribution in [0.2, 0.25) is 0 Å². The number of methoxy groups -OCH3 is 1. The highest BCUT2D eigenvalue weighted by Crippen LogP contribution is 2.20. The van der Waals surface area contributed by atoms with Crippen molar-refractivity contribution in [1.29, 1.82) is 0 Å². The van der Waals surface area contributed by atoms with Gasteiger partial charge in [0.25, 0.3) is 0 Å². The highest BCUT2D eigenvalue weighted by atomic mass is 16.5. The maximum absolute atomic E-state index is 11.0. The summed E-state index contributed by atoms with van der Waals surface area (Å²) in [5.74, 6) is 1.16. The van der Waals surface area contributed by atoms with Crippen molar-refractivity contribution in [3.63, 3.8) is 0 Å². The fraction of sp³-hybridized carbons (Fsp3) is 0.909. The van der Waals surface area contributed by atoms with E-state index in [9.17, 15) is 4.79 Å². The normalized spacial score (nSPS) is 18.8. The number of Topliss-reactive ketones (excluding diaryl/α,β-unsaturated/α-hetero) is 1. The van der Waals surface area contributed by atoms with Gasteiger partial charge >= 0.3 is 0 Å². The van der Waals surface area contributed by atoms with E-state index in [1.807, 2.05) is 0 Å². The second-order valence-corrected chi connectivity index (χ2v) is 4.03. The molecular formula is C11H21NO2. The summed E-state index contributed by atoms with van der Waals surface area (Å²) in [4.78, 5) is 11.0. The summed E-state index contributed by atoms with van der Waals surface area (Å²) in [6.45, 7) is 2.92. The lowest BCUT2D eigenvalue weighted by Crippen LogP contribution is -2.27.